The summed E-state index contributed by atoms with van der Waals surface area (Å²) in [6.07, 6.45) is 6.07. The molecule has 0 atom stereocenters. The lowest BCUT2D eigenvalue weighted by molar-refractivity contribution is 0.474. The van der Waals surface area contributed by atoms with Gasteiger partial charge in [-0.25, -0.2) is 0 Å². The molecular formula is C17H23NO. The highest BCUT2D eigenvalue weighted by Gasteiger charge is 2.02. The zero-order valence-electron chi connectivity index (χ0n) is 12.3. The molecule has 0 bridgehead atoms. The summed E-state index contributed by atoms with van der Waals surface area (Å²) in [6.45, 7) is 11.9. The van der Waals surface area contributed by atoms with Gasteiger partial charge in [0.15, 0.2) is 0 Å². The summed E-state index contributed by atoms with van der Waals surface area (Å²) >= 11 is 0. The minimum Gasteiger partial charge on any atom is -0.508 e. The van der Waals surface area contributed by atoms with Crippen LogP contribution in [0.2, 0.25) is 0 Å². The first-order chi connectivity index (χ1) is 8.90. The third-order valence-corrected chi connectivity index (χ3v) is 2.91. The quantitative estimate of drug-likeness (QED) is 0.583. The molecule has 0 aromatic heterocycles. The van der Waals surface area contributed by atoms with Crippen LogP contribution in [0.5, 0.6) is 5.75 Å². The van der Waals surface area contributed by atoms with Crippen LogP contribution in [0, 0.1) is 13.8 Å². The van der Waals surface area contributed by atoms with Gasteiger partial charge in [0.05, 0.1) is 5.69 Å². The predicted octanol–water partition coefficient (Wildman–Crippen LogP) is 5.01. The van der Waals surface area contributed by atoms with Gasteiger partial charge in [0.2, 0.25) is 0 Å². The van der Waals surface area contributed by atoms with Gasteiger partial charge in [-0.2, -0.15) is 0 Å². The number of benzene rings is 1. The molecule has 2 heteroatoms. The molecule has 0 saturated heterocycles. The Labute approximate surface area is 116 Å². The maximum absolute atomic E-state index is 9.49. The first kappa shape index (κ1) is 15.2. The van der Waals surface area contributed by atoms with Crippen molar-refractivity contribution < 1.29 is 5.11 Å². The van der Waals surface area contributed by atoms with E-state index >= 15 is 0 Å². The summed E-state index contributed by atoms with van der Waals surface area (Å²) in [5.74, 6) is 0.294. The molecule has 1 aromatic rings. The topological polar surface area (TPSA) is 32.6 Å². The number of nitrogens with zero attached hydrogens (tertiary/aromatic N) is 1. The van der Waals surface area contributed by atoms with E-state index in [-0.39, 0.29) is 0 Å². The van der Waals surface area contributed by atoms with Crippen LogP contribution in [0.4, 0.5) is 5.69 Å². The Morgan fingerprint density at radius 3 is 2.37 bits per heavy atom. The maximum Gasteiger partial charge on any atom is 0.116 e. The van der Waals surface area contributed by atoms with Gasteiger partial charge in [-0.15, -0.1) is 6.58 Å². The molecule has 19 heavy (non-hydrogen) atoms. The van der Waals surface area contributed by atoms with Crippen molar-refractivity contribution in [3.8, 4) is 5.75 Å². The van der Waals surface area contributed by atoms with Gasteiger partial charge >= 0.3 is 0 Å². The second-order valence-corrected chi connectivity index (χ2v) is 5.13. The van der Waals surface area contributed by atoms with Gasteiger partial charge < -0.3 is 5.11 Å². The molecule has 0 fully saturated rings. The van der Waals surface area contributed by atoms with Crippen LogP contribution in [0.25, 0.3) is 0 Å². The van der Waals surface area contributed by atoms with Crippen LogP contribution in [0.1, 0.15) is 37.8 Å². The SMILES string of the molecule is C=C(C)CC/C=C(\C)C=Nc1c(C)cc(O)cc1C. The number of aryl methyl sites for hydroxylation is 2. The highest BCUT2D eigenvalue weighted by molar-refractivity contribution is 5.81. The molecule has 0 spiro atoms. The number of allylic oxidation sites excluding steroid dienone is 3. The van der Waals surface area contributed by atoms with Crippen LogP contribution in [0.15, 0.2) is 40.9 Å². The second kappa shape index (κ2) is 6.93. The number of aromatic hydroxyl groups is 1. The van der Waals surface area contributed by atoms with Gasteiger partial charge in [-0.1, -0.05) is 11.6 Å². The lowest BCUT2D eigenvalue weighted by Crippen LogP contribution is -1.84. The molecule has 102 valence electrons. The second-order valence-electron chi connectivity index (χ2n) is 5.13. The minimum absolute atomic E-state index is 0.294. The Bertz CT molecular complexity index is 501. The summed E-state index contributed by atoms with van der Waals surface area (Å²) in [5, 5.41) is 9.49. The highest BCUT2D eigenvalue weighted by Crippen LogP contribution is 2.27. The number of aliphatic imine (C=N–C) groups is 1. The third-order valence-electron chi connectivity index (χ3n) is 2.91. The van der Waals surface area contributed by atoms with E-state index in [0.717, 1.165) is 35.2 Å². The standard InChI is InChI=1S/C17H23NO/c1-12(2)7-6-8-13(3)11-18-17-14(4)9-16(19)10-15(17)5/h8-11,19H,1,6-7H2,2-5H3/b13-8+,18-11?. The normalized spacial score (nSPS) is 12.1. The summed E-state index contributed by atoms with van der Waals surface area (Å²) in [6, 6.07) is 3.47. The first-order valence-corrected chi connectivity index (χ1v) is 6.55. The van der Waals surface area contributed by atoms with Crippen molar-refractivity contribution in [1.82, 2.24) is 0 Å². The predicted molar refractivity (Wildman–Crippen MR) is 83.5 cm³/mol. The molecule has 0 unspecified atom stereocenters. The van der Waals surface area contributed by atoms with Gasteiger partial charge in [-0.3, -0.25) is 4.99 Å². The molecule has 0 amide bonds. The largest absolute Gasteiger partial charge is 0.508 e. The van der Waals surface area contributed by atoms with Crippen molar-refractivity contribution in [1.29, 1.82) is 0 Å². The van der Waals surface area contributed by atoms with Crippen LogP contribution in [0.3, 0.4) is 0 Å². The van der Waals surface area contributed by atoms with Crippen molar-refractivity contribution in [3.05, 3.63) is 47.1 Å². The molecule has 1 rings (SSSR count). The van der Waals surface area contributed by atoms with E-state index in [4.69, 9.17) is 0 Å². The number of rotatable bonds is 5. The number of hydrogen-bond acceptors (Lipinski definition) is 2. The number of phenolic OH excluding ortho intramolecular Hbond substituents is 1. The van der Waals surface area contributed by atoms with Gasteiger partial charge in [0, 0.05) is 6.21 Å². The van der Waals surface area contributed by atoms with Crippen molar-refractivity contribution in [2.45, 2.75) is 40.5 Å². The van der Waals surface area contributed by atoms with Gasteiger partial charge in [0.1, 0.15) is 5.75 Å². The van der Waals surface area contributed by atoms with E-state index in [9.17, 15) is 5.11 Å². The molecule has 0 aliphatic rings. The Morgan fingerprint density at radius 2 is 1.84 bits per heavy atom. The Balaban J connectivity index is 2.79. The Morgan fingerprint density at radius 1 is 1.26 bits per heavy atom. The molecule has 0 heterocycles. The number of hydrogen-bond donors (Lipinski definition) is 1. The van der Waals surface area contributed by atoms with Crippen molar-refractivity contribution in [3.63, 3.8) is 0 Å². The molecule has 0 aliphatic heterocycles. The van der Waals surface area contributed by atoms with Crippen molar-refractivity contribution in [2.24, 2.45) is 4.99 Å². The lowest BCUT2D eigenvalue weighted by Gasteiger charge is -2.05. The van der Waals surface area contributed by atoms with E-state index in [0.29, 0.717) is 5.75 Å². The van der Waals surface area contributed by atoms with Crippen LogP contribution >= 0.6 is 0 Å². The van der Waals surface area contributed by atoms with Crippen molar-refractivity contribution in [2.75, 3.05) is 0 Å². The summed E-state index contributed by atoms with van der Waals surface area (Å²) in [5.41, 5.74) is 5.26. The summed E-state index contributed by atoms with van der Waals surface area (Å²) < 4.78 is 0. The highest BCUT2D eigenvalue weighted by atomic mass is 16.3. The van der Waals surface area contributed by atoms with Crippen LogP contribution < -0.4 is 0 Å². The molecular weight excluding hydrogens is 234 g/mol. The molecule has 0 radical (unpaired) electrons. The zero-order valence-corrected chi connectivity index (χ0v) is 12.3. The minimum atomic E-state index is 0.294. The monoisotopic (exact) mass is 257 g/mol. The first-order valence-electron chi connectivity index (χ1n) is 6.55. The zero-order chi connectivity index (χ0) is 14.4. The summed E-state index contributed by atoms with van der Waals surface area (Å²) in [7, 11) is 0. The third kappa shape index (κ3) is 5.12. The Kier molecular flexibility index (Phi) is 5.56. The van der Waals surface area contributed by atoms with E-state index in [1.54, 1.807) is 12.1 Å². The molecule has 0 aliphatic carbocycles. The van der Waals surface area contributed by atoms with E-state index in [1.165, 1.54) is 5.57 Å². The van der Waals surface area contributed by atoms with Crippen LogP contribution in [-0.2, 0) is 0 Å². The van der Waals surface area contributed by atoms with Gasteiger partial charge in [0.25, 0.3) is 0 Å². The van der Waals surface area contributed by atoms with E-state index < -0.39 is 0 Å². The average molecular weight is 257 g/mol. The smallest absolute Gasteiger partial charge is 0.116 e. The fourth-order valence-electron chi connectivity index (χ4n) is 1.90. The molecule has 1 aromatic carbocycles. The van der Waals surface area contributed by atoms with Gasteiger partial charge in [-0.05, 0) is 69.4 Å². The Hall–Kier alpha value is -1.83. The fourth-order valence-corrected chi connectivity index (χ4v) is 1.90. The fraction of sp³-hybridized carbons (Fsp3) is 0.353. The molecule has 0 saturated carbocycles. The van der Waals surface area contributed by atoms with Crippen molar-refractivity contribution >= 4 is 11.9 Å². The molecule has 1 N–H and O–H groups in total. The lowest BCUT2D eigenvalue weighted by atomic mass is 10.1. The maximum atomic E-state index is 9.49. The van der Waals surface area contributed by atoms with Crippen LogP contribution in [-0.4, -0.2) is 11.3 Å². The summed E-state index contributed by atoms with van der Waals surface area (Å²) in [4.78, 5) is 4.52. The average Bonchev–Trinajstić information content (AvgIpc) is 2.26. The molecule has 2 nitrogen and oxygen atoms in total. The van der Waals surface area contributed by atoms with E-state index in [2.05, 4.69) is 17.6 Å². The number of phenols is 1. The van der Waals surface area contributed by atoms with E-state index in [1.807, 2.05) is 33.9 Å².